The number of hydrogen-bond acceptors (Lipinski definition) is 7. The molecule has 2 aromatic rings. The third kappa shape index (κ3) is 4.70. The number of amides is 2. The second kappa shape index (κ2) is 9.73. The van der Waals surface area contributed by atoms with Gasteiger partial charge in [-0.05, 0) is 30.7 Å². The molecule has 2 aliphatic heterocycles. The van der Waals surface area contributed by atoms with E-state index in [1.54, 1.807) is 46.5 Å². The van der Waals surface area contributed by atoms with Crippen LogP contribution in [-0.2, 0) is 0 Å². The molecule has 0 aliphatic carbocycles. The zero-order valence-electron chi connectivity index (χ0n) is 17.8. The molecule has 0 spiro atoms. The van der Waals surface area contributed by atoms with Gasteiger partial charge in [-0.25, -0.2) is 0 Å². The fraction of sp³-hybridized carbons (Fsp3) is 0.409. The van der Waals surface area contributed by atoms with Crippen molar-refractivity contribution >= 4 is 23.2 Å². The van der Waals surface area contributed by atoms with Crippen molar-refractivity contribution in [3.05, 3.63) is 64.0 Å². The van der Waals surface area contributed by atoms with Crippen molar-refractivity contribution in [1.82, 2.24) is 20.1 Å². The Balaban J connectivity index is 1.50. The van der Waals surface area contributed by atoms with Gasteiger partial charge >= 0.3 is 0 Å². The van der Waals surface area contributed by atoms with Crippen molar-refractivity contribution in [3.8, 4) is 0 Å². The van der Waals surface area contributed by atoms with Crippen LogP contribution in [0.15, 0.2) is 42.7 Å². The fourth-order valence-corrected chi connectivity index (χ4v) is 4.16. The van der Waals surface area contributed by atoms with E-state index in [4.69, 9.17) is 0 Å². The van der Waals surface area contributed by atoms with Crippen LogP contribution >= 0.6 is 0 Å². The van der Waals surface area contributed by atoms with E-state index in [2.05, 4.69) is 10.3 Å². The third-order valence-electron chi connectivity index (χ3n) is 5.87. The molecule has 3 heterocycles. The summed E-state index contributed by atoms with van der Waals surface area (Å²) in [5.41, 5.74) is 1.30. The lowest BCUT2D eigenvalue weighted by atomic mass is 10.1. The molecule has 0 atom stereocenters. The molecule has 1 aromatic carbocycles. The smallest absolute Gasteiger partial charge is 0.293 e. The highest BCUT2D eigenvalue weighted by molar-refractivity contribution is 5.96. The van der Waals surface area contributed by atoms with Crippen molar-refractivity contribution in [2.75, 3.05) is 57.3 Å². The maximum Gasteiger partial charge on any atom is 0.293 e. The quantitative estimate of drug-likeness (QED) is 0.567. The number of rotatable bonds is 4. The number of aromatic nitrogens is 1. The number of pyridine rings is 1. The van der Waals surface area contributed by atoms with Gasteiger partial charge in [-0.2, -0.15) is 0 Å². The van der Waals surface area contributed by atoms with Crippen LogP contribution in [0.5, 0.6) is 0 Å². The highest BCUT2D eigenvalue weighted by atomic mass is 16.6. The molecule has 10 heteroatoms. The monoisotopic (exact) mass is 438 g/mol. The molecule has 4 rings (SSSR count). The number of carbonyl (C=O) groups excluding carboxylic acids is 2. The Morgan fingerprint density at radius 3 is 2.28 bits per heavy atom. The molecular formula is C22H26N6O4. The average molecular weight is 438 g/mol. The first-order chi connectivity index (χ1) is 15.5. The number of nitro benzene ring substituents is 1. The zero-order chi connectivity index (χ0) is 22.5. The van der Waals surface area contributed by atoms with Crippen LogP contribution in [0, 0.1) is 10.1 Å². The first kappa shape index (κ1) is 21.7. The van der Waals surface area contributed by atoms with Gasteiger partial charge in [0.15, 0.2) is 0 Å². The maximum atomic E-state index is 12.8. The minimum Gasteiger partial charge on any atom is -0.364 e. The number of nitrogens with one attached hydrogen (secondary N) is 1. The van der Waals surface area contributed by atoms with Crippen LogP contribution in [0.2, 0.25) is 0 Å². The Hall–Kier alpha value is -3.53. The number of anilines is 1. The summed E-state index contributed by atoms with van der Waals surface area (Å²) in [6.45, 7) is 4.70. The second-order valence-electron chi connectivity index (χ2n) is 7.87. The number of hydrogen-bond donors (Lipinski definition) is 1. The van der Waals surface area contributed by atoms with Gasteiger partial charge in [-0.3, -0.25) is 24.7 Å². The molecule has 2 saturated heterocycles. The summed E-state index contributed by atoms with van der Waals surface area (Å²) in [5.74, 6) is -0.258. The lowest BCUT2D eigenvalue weighted by molar-refractivity contribution is -0.384. The first-order valence-electron chi connectivity index (χ1n) is 10.8. The molecular weight excluding hydrogens is 412 g/mol. The predicted octanol–water partition coefficient (Wildman–Crippen LogP) is 1.39. The lowest BCUT2D eigenvalue weighted by Gasteiger charge is -2.28. The molecule has 168 valence electrons. The van der Waals surface area contributed by atoms with Crippen LogP contribution in [-0.4, -0.2) is 83.9 Å². The summed E-state index contributed by atoms with van der Waals surface area (Å²) in [5, 5.41) is 15.0. The summed E-state index contributed by atoms with van der Waals surface area (Å²) in [6, 6.07) is 8.07. The molecule has 32 heavy (non-hydrogen) atoms. The summed E-state index contributed by atoms with van der Waals surface area (Å²) in [4.78, 5) is 46.3. The van der Waals surface area contributed by atoms with Crippen LogP contribution in [0.3, 0.4) is 0 Å². The van der Waals surface area contributed by atoms with E-state index < -0.39 is 4.92 Å². The van der Waals surface area contributed by atoms with Crippen molar-refractivity contribution in [3.63, 3.8) is 0 Å². The first-order valence-corrected chi connectivity index (χ1v) is 10.8. The van der Waals surface area contributed by atoms with Gasteiger partial charge in [0, 0.05) is 81.9 Å². The summed E-state index contributed by atoms with van der Waals surface area (Å²) < 4.78 is 0. The Bertz CT molecular complexity index is 993. The predicted molar refractivity (Wildman–Crippen MR) is 119 cm³/mol. The van der Waals surface area contributed by atoms with E-state index in [0.717, 1.165) is 0 Å². The molecule has 0 unspecified atom stereocenters. The van der Waals surface area contributed by atoms with E-state index in [1.807, 2.05) is 4.90 Å². The van der Waals surface area contributed by atoms with E-state index in [9.17, 15) is 19.7 Å². The number of benzene rings is 1. The van der Waals surface area contributed by atoms with Crippen LogP contribution in [0.4, 0.5) is 11.4 Å². The van der Waals surface area contributed by atoms with E-state index in [0.29, 0.717) is 75.6 Å². The van der Waals surface area contributed by atoms with Gasteiger partial charge < -0.3 is 20.0 Å². The highest BCUT2D eigenvalue weighted by Gasteiger charge is 2.27. The Kier molecular flexibility index (Phi) is 6.60. The van der Waals surface area contributed by atoms with Crippen LogP contribution < -0.4 is 10.2 Å². The van der Waals surface area contributed by atoms with Crippen molar-refractivity contribution < 1.29 is 14.5 Å². The van der Waals surface area contributed by atoms with Gasteiger partial charge in [-0.1, -0.05) is 0 Å². The minimum atomic E-state index is -0.436. The minimum absolute atomic E-state index is 0.0688. The van der Waals surface area contributed by atoms with Crippen molar-refractivity contribution in [2.45, 2.75) is 6.42 Å². The summed E-state index contributed by atoms with van der Waals surface area (Å²) in [7, 11) is 0. The van der Waals surface area contributed by atoms with E-state index >= 15 is 0 Å². The topological polar surface area (TPSA) is 112 Å². The van der Waals surface area contributed by atoms with E-state index in [-0.39, 0.29) is 17.5 Å². The molecule has 2 amide bonds. The molecule has 1 aromatic heterocycles. The summed E-state index contributed by atoms with van der Waals surface area (Å²) >= 11 is 0. The van der Waals surface area contributed by atoms with Gasteiger partial charge in [-0.15, -0.1) is 0 Å². The lowest BCUT2D eigenvalue weighted by Crippen LogP contribution is -2.46. The normalized spacial score (nSPS) is 17.1. The Morgan fingerprint density at radius 1 is 0.875 bits per heavy atom. The number of nitrogens with zero attached hydrogens (tertiary/aromatic N) is 5. The van der Waals surface area contributed by atoms with Gasteiger partial charge in [0.05, 0.1) is 4.92 Å². The largest absolute Gasteiger partial charge is 0.364 e. The Labute approximate surface area is 186 Å². The third-order valence-corrected chi connectivity index (χ3v) is 5.87. The fourth-order valence-electron chi connectivity index (χ4n) is 4.16. The van der Waals surface area contributed by atoms with Crippen molar-refractivity contribution in [2.24, 2.45) is 0 Å². The van der Waals surface area contributed by atoms with E-state index in [1.165, 1.54) is 6.07 Å². The van der Waals surface area contributed by atoms with Crippen molar-refractivity contribution in [1.29, 1.82) is 0 Å². The number of nitro groups is 1. The van der Waals surface area contributed by atoms with Gasteiger partial charge in [0.25, 0.3) is 17.5 Å². The SMILES string of the molecule is O=C(c1ccc(N2CCCN(C(=O)c3ccncc3)CC2)c([N+](=O)[O-])c1)N1CCNCC1. The molecule has 10 nitrogen and oxygen atoms in total. The molecule has 1 N–H and O–H groups in total. The van der Waals surface area contributed by atoms with Crippen LogP contribution in [0.1, 0.15) is 27.1 Å². The zero-order valence-corrected chi connectivity index (χ0v) is 17.8. The molecule has 0 radical (unpaired) electrons. The van der Waals surface area contributed by atoms with Crippen LogP contribution in [0.25, 0.3) is 0 Å². The van der Waals surface area contributed by atoms with Gasteiger partial charge in [0.2, 0.25) is 0 Å². The molecule has 0 bridgehead atoms. The number of carbonyl (C=O) groups is 2. The molecule has 2 aliphatic rings. The second-order valence-corrected chi connectivity index (χ2v) is 7.87. The summed E-state index contributed by atoms with van der Waals surface area (Å²) in [6.07, 6.45) is 3.86. The standard InChI is InChI=1S/C22H26N6O4/c29-21(17-4-6-23-7-5-17)26-11-1-10-25(14-15-26)19-3-2-18(16-20(19)28(31)32)22(30)27-12-8-24-9-13-27/h2-7,16,24H,1,8-15H2. The maximum absolute atomic E-state index is 12.8. The van der Waals surface area contributed by atoms with Gasteiger partial charge in [0.1, 0.15) is 5.69 Å². The highest BCUT2D eigenvalue weighted by Crippen LogP contribution is 2.30. The molecule has 2 fully saturated rings. The Morgan fingerprint density at radius 2 is 1.56 bits per heavy atom. The number of piperazine rings is 1. The molecule has 0 saturated carbocycles. The average Bonchev–Trinajstić information content (AvgIpc) is 3.10.